The first kappa shape index (κ1) is 21.5. The molecular formula is C24H30ClN5O2. The van der Waals surface area contributed by atoms with E-state index in [4.69, 9.17) is 21.3 Å². The maximum Gasteiger partial charge on any atom is 0.260 e. The number of carbonyl (C=O) groups excluding carboxylic acids is 1. The van der Waals surface area contributed by atoms with Crippen molar-refractivity contribution in [3.63, 3.8) is 0 Å². The fourth-order valence-corrected chi connectivity index (χ4v) is 4.89. The highest BCUT2D eigenvalue weighted by Gasteiger charge is 2.29. The molecule has 0 spiro atoms. The van der Waals surface area contributed by atoms with Crippen LogP contribution < -0.4 is 9.64 Å². The maximum atomic E-state index is 12.7. The SMILES string of the molecule is O=C(COc1ccccc1Cl)N1CCc2cnc(N3CCN(C4CCC4)CC3)nc2CC1. The smallest absolute Gasteiger partial charge is 0.260 e. The van der Waals surface area contributed by atoms with E-state index in [-0.39, 0.29) is 12.5 Å². The Balaban J connectivity index is 1.16. The molecule has 3 heterocycles. The Morgan fingerprint density at radius 3 is 2.59 bits per heavy atom. The van der Waals surface area contributed by atoms with E-state index in [1.807, 2.05) is 23.2 Å². The maximum absolute atomic E-state index is 12.7. The first-order valence-corrected chi connectivity index (χ1v) is 12.0. The molecule has 32 heavy (non-hydrogen) atoms. The average Bonchev–Trinajstić information content (AvgIpc) is 3.00. The number of rotatable bonds is 5. The van der Waals surface area contributed by atoms with E-state index in [2.05, 4.69) is 14.8 Å². The van der Waals surface area contributed by atoms with Crippen LogP contribution in [0.4, 0.5) is 5.95 Å². The van der Waals surface area contributed by atoms with Gasteiger partial charge in [0.05, 0.1) is 10.7 Å². The molecule has 3 aliphatic rings. The molecule has 2 aliphatic heterocycles. The van der Waals surface area contributed by atoms with Gasteiger partial charge in [-0.25, -0.2) is 9.97 Å². The topological polar surface area (TPSA) is 61.8 Å². The number of halogens is 1. The van der Waals surface area contributed by atoms with Gasteiger partial charge in [0.2, 0.25) is 5.95 Å². The lowest BCUT2D eigenvalue weighted by molar-refractivity contribution is -0.133. The third-order valence-electron chi connectivity index (χ3n) is 6.94. The van der Waals surface area contributed by atoms with Gasteiger partial charge < -0.3 is 14.5 Å². The normalized spacial score (nSPS) is 19.8. The van der Waals surface area contributed by atoms with Crippen LogP contribution >= 0.6 is 11.6 Å². The molecule has 0 bridgehead atoms. The molecule has 2 fully saturated rings. The van der Waals surface area contributed by atoms with E-state index < -0.39 is 0 Å². The molecule has 0 unspecified atom stereocenters. The summed E-state index contributed by atoms with van der Waals surface area (Å²) in [7, 11) is 0. The number of hydrogen-bond donors (Lipinski definition) is 0. The van der Waals surface area contributed by atoms with Gasteiger partial charge in [-0.05, 0) is 37.0 Å². The van der Waals surface area contributed by atoms with Crippen LogP contribution in [0.2, 0.25) is 5.02 Å². The fraction of sp³-hybridized carbons (Fsp3) is 0.542. The van der Waals surface area contributed by atoms with Crippen molar-refractivity contribution in [2.24, 2.45) is 0 Å². The molecule has 5 rings (SSSR count). The minimum absolute atomic E-state index is 0.0116. The molecule has 2 aromatic rings. The summed E-state index contributed by atoms with van der Waals surface area (Å²) in [5, 5.41) is 0.514. The standard InChI is InChI=1S/C24H30ClN5O2/c25-20-6-1-2-7-22(20)32-17-23(31)29-10-8-18-16-26-24(27-21(18)9-11-29)30-14-12-28(13-15-30)19-4-3-5-19/h1-2,6-7,16,19H,3-5,8-15,17H2. The number of anilines is 1. The van der Waals surface area contributed by atoms with Crippen molar-refractivity contribution in [1.82, 2.24) is 19.8 Å². The number of hydrogen-bond acceptors (Lipinski definition) is 6. The van der Waals surface area contributed by atoms with Gasteiger partial charge in [-0.1, -0.05) is 30.2 Å². The minimum atomic E-state index is -0.0296. The van der Waals surface area contributed by atoms with Crippen molar-refractivity contribution in [2.45, 2.75) is 38.1 Å². The summed E-state index contributed by atoms with van der Waals surface area (Å²) >= 11 is 6.12. The van der Waals surface area contributed by atoms with Gasteiger partial charge in [0.25, 0.3) is 5.91 Å². The van der Waals surface area contributed by atoms with Crippen molar-refractivity contribution in [2.75, 3.05) is 50.8 Å². The van der Waals surface area contributed by atoms with Gasteiger partial charge in [0.1, 0.15) is 5.75 Å². The zero-order valence-electron chi connectivity index (χ0n) is 18.4. The summed E-state index contributed by atoms with van der Waals surface area (Å²) < 4.78 is 5.64. The zero-order chi connectivity index (χ0) is 21.9. The summed E-state index contributed by atoms with van der Waals surface area (Å²) in [5.74, 6) is 1.34. The van der Waals surface area contributed by atoms with Crippen LogP contribution in [0.3, 0.4) is 0 Å². The quantitative estimate of drug-likeness (QED) is 0.691. The van der Waals surface area contributed by atoms with Gasteiger partial charge in [0.15, 0.2) is 6.61 Å². The Labute approximate surface area is 194 Å². The predicted octanol–water partition coefficient (Wildman–Crippen LogP) is 2.81. The van der Waals surface area contributed by atoms with Crippen LogP contribution in [0, 0.1) is 0 Å². The van der Waals surface area contributed by atoms with E-state index in [0.29, 0.717) is 23.9 Å². The van der Waals surface area contributed by atoms with Crippen LogP contribution in [0.15, 0.2) is 30.5 Å². The second-order valence-corrected chi connectivity index (χ2v) is 9.26. The van der Waals surface area contributed by atoms with E-state index in [9.17, 15) is 4.79 Å². The molecule has 1 amide bonds. The van der Waals surface area contributed by atoms with E-state index in [1.165, 1.54) is 19.3 Å². The Morgan fingerprint density at radius 1 is 1.06 bits per heavy atom. The molecule has 1 aromatic heterocycles. The predicted molar refractivity (Wildman–Crippen MR) is 124 cm³/mol. The lowest BCUT2D eigenvalue weighted by Gasteiger charge is -2.43. The molecule has 1 aliphatic carbocycles. The third-order valence-corrected chi connectivity index (χ3v) is 7.25. The number of nitrogens with zero attached hydrogens (tertiary/aromatic N) is 5. The van der Waals surface area contributed by atoms with E-state index in [0.717, 1.165) is 62.3 Å². The lowest BCUT2D eigenvalue weighted by Crippen LogP contribution is -2.52. The summed E-state index contributed by atoms with van der Waals surface area (Å²) in [6.07, 6.45) is 7.56. The van der Waals surface area contributed by atoms with Crippen molar-refractivity contribution in [3.8, 4) is 5.75 Å². The molecule has 8 heteroatoms. The molecule has 1 aromatic carbocycles. The Hall–Kier alpha value is -2.38. The summed E-state index contributed by atoms with van der Waals surface area (Å²) in [4.78, 5) is 29.1. The van der Waals surface area contributed by atoms with Gasteiger partial charge in [-0.2, -0.15) is 0 Å². The second kappa shape index (κ2) is 9.63. The third kappa shape index (κ3) is 4.69. The highest BCUT2D eigenvalue weighted by molar-refractivity contribution is 6.32. The van der Waals surface area contributed by atoms with Crippen LogP contribution in [0.1, 0.15) is 30.5 Å². The van der Waals surface area contributed by atoms with Crippen LogP contribution in [0.25, 0.3) is 0 Å². The van der Waals surface area contributed by atoms with Gasteiger partial charge in [0, 0.05) is 57.9 Å². The summed E-state index contributed by atoms with van der Waals surface area (Å²) in [5.41, 5.74) is 2.21. The Kier molecular flexibility index (Phi) is 6.46. The lowest BCUT2D eigenvalue weighted by atomic mass is 9.91. The number of amides is 1. The molecule has 7 nitrogen and oxygen atoms in total. The number of para-hydroxylation sites is 1. The molecule has 1 saturated heterocycles. The Morgan fingerprint density at radius 2 is 1.84 bits per heavy atom. The first-order valence-electron chi connectivity index (χ1n) is 11.7. The van der Waals surface area contributed by atoms with Crippen molar-refractivity contribution in [3.05, 3.63) is 46.7 Å². The molecular weight excluding hydrogens is 426 g/mol. The zero-order valence-corrected chi connectivity index (χ0v) is 19.1. The first-order chi connectivity index (χ1) is 15.7. The van der Waals surface area contributed by atoms with E-state index >= 15 is 0 Å². The summed E-state index contributed by atoms with van der Waals surface area (Å²) in [6.45, 7) is 5.45. The van der Waals surface area contributed by atoms with Crippen LogP contribution in [0.5, 0.6) is 5.75 Å². The molecule has 170 valence electrons. The minimum Gasteiger partial charge on any atom is -0.482 e. The van der Waals surface area contributed by atoms with E-state index in [1.54, 1.807) is 12.1 Å². The van der Waals surface area contributed by atoms with Crippen LogP contribution in [-0.2, 0) is 17.6 Å². The average molecular weight is 456 g/mol. The molecule has 0 N–H and O–H groups in total. The van der Waals surface area contributed by atoms with Gasteiger partial charge in [-0.15, -0.1) is 0 Å². The summed E-state index contributed by atoms with van der Waals surface area (Å²) in [6, 6.07) is 8.02. The van der Waals surface area contributed by atoms with Crippen LogP contribution in [-0.4, -0.2) is 77.6 Å². The number of benzene rings is 1. The fourth-order valence-electron chi connectivity index (χ4n) is 4.70. The van der Waals surface area contributed by atoms with Crippen molar-refractivity contribution in [1.29, 1.82) is 0 Å². The second-order valence-electron chi connectivity index (χ2n) is 8.85. The number of ether oxygens (including phenoxy) is 1. The highest BCUT2D eigenvalue weighted by atomic mass is 35.5. The number of aromatic nitrogens is 2. The van der Waals surface area contributed by atoms with Crippen molar-refractivity contribution >= 4 is 23.5 Å². The number of piperazine rings is 1. The Bertz CT molecular complexity index is 959. The highest BCUT2D eigenvalue weighted by Crippen LogP contribution is 2.27. The van der Waals surface area contributed by atoms with Gasteiger partial charge >= 0.3 is 0 Å². The molecule has 1 saturated carbocycles. The van der Waals surface area contributed by atoms with Crippen molar-refractivity contribution < 1.29 is 9.53 Å². The largest absolute Gasteiger partial charge is 0.482 e. The molecule has 0 radical (unpaired) electrons. The van der Waals surface area contributed by atoms with Gasteiger partial charge in [-0.3, -0.25) is 9.69 Å². The molecule has 0 atom stereocenters. The monoisotopic (exact) mass is 455 g/mol. The number of carbonyl (C=O) groups is 1. The number of fused-ring (bicyclic) bond motifs is 1.